The molecule has 1 aromatic carbocycles. The number of allylic oxidation sites excluding steroid dienone is 2. The highest BCUT2D eigenvalue weighted by Gasteiger charge is 2.32. The lowest BCUT2D eigenvalue weighted by Gasteiger charge is -2.35. The van der Waals surface area contributed by atoms with Crippen LogP contribution in [0, 0.1) is 28.9 Å². The Morgan fingerprint density at radius 2 is 1.94 bits per heavy atom. The molecule has 2 aliphatic heterocycles. The molecule has 0 bridgehead atoms. The van der Waals surface area contributed by atoms with Gasteiger partial charge in [0.05, 0.1) is 18.6 Å². The monoisotopic (exact) mass is 427 g/mol. The van der Waals surface area contributed by atoms with E-state index in [0.29, 0.717) is 19.7 Å². The zero-order valence-electron chi connectivity index (χ0n) is 17.1. The summed E-state index contributed by atoms with van der Waals surface area (Å²) in [6, 6.07) is 3.36. The Hall–Kier alpha value is -3.05. The SMILES string of the molecule is N#Cc1cc(F)c(CC(=O)N2CCN(CCC3=CC=C4C(=O)OCC4C3)CC2)cc1F. The molecule has 1 amide bonds. The Morgan fingerprint density at radius 3 is 2.68 bits per heavy atom. The van der Waals surface area contributed by atoms with Gasteiger partial charge in [0, 0.05) is 49.8 Å². The standard InChI is InChI=1S/C23H23F2N3O3/c24-20-11-17(13-26)21(25)10-16(20)12-22(29)28-7-5-27(6-8-28)4-3-15-1-2-19-18(9-15)14-31-23(19)30/h1-2,10-11,18H,3-9,12,14H2. The van der Waals surface area contributed by atoms with Gasteiger partial charge in [-0.1, -0.05) is 17.7 Å². The van der Waals surface area contributed by atoms with Crippen molar-refractivity contribution in [2.45, 2.75) is 19.3 Å². The zero-order chi connectivity index (χ0) is 22.0. The Bertz CT molecular complexity index is 1000. The van der Waals surface area contributed by atoms with Crippen LogP contribution in [0.25, 0.3) is 0 Å². The van der Waals surface area contributed by atoms with Crippen LogP contribution in [0.2, 0.25) is 0 Å². The number of rotatable bonds is 5. The van der Waals surface area contributed by atoms with Gasteiger partial charge in [-0.15, -0.1) is 0 Å². The molecular weight excluding hydrogens is 404 g/mol. The summed E-state index contributed by atoms with van der Waals surface area (Å²) in [7, 11) is 0. The third kappa shape index (κ3) is 4.67. The number of amides is 1. The number of hydrogen-bond donors (Lipinski definition) is 0. The van der Waals surface area contributed by atoms with Gasteiger partial charge in [0.2, 0.25) is 5.91 Å². The fourth-order valence-electron chi connectivity index (χ4n) is 4.27. The summed E-state index contributed by atoms with van der Waals surface area (Å²) in [6.07, 6.45) is 5.42. The molecule has 0 aromatic heterocycles. The number of carbonyl (C=O) groups excluding carboxylic acids is 2. The molecule has 31 heavy (non-hydrogen) atoms. The molecule has 0 saturated carbocycles. The molecule has 0 N–H and O–H groups in total. The fraction of sp³-hybridized carbons (Fsp3) is 0.435. The van der Waals surface area contributed by atoms with Crippen LogP contribution < -0.4 is 0 Å². The third-order valence-electron chi connectivity index (χ3n) is 6.17. The summed E-state index contributed by atoms with van der Waals surface area (Å²) in [4.78, 5) is 28.1. The first-order valence-electron chi connectivity index (χ1n) is 10.4. The van der Waals surface area contributed by atoms with Crippen molar-refractivity contribution in [3.05, 3.63) is 58.2 Å². The van der Waals surface area contributed by atoms with Crippen molar-refractivity contribution >= 4 is 11.9 Å². The van der Waals surface area contributed by atoms with Crippen molar-refractivity contribution in [2.24, 2.45) is 5.92 Å². The minimum absolute atomic E-state index is 0.0324. The van der Waals surface area contributed by atoms with E-state index in [1.54, 1.807) is 11.0 Å². The number of ether oxygens (including phenoxy) is 1. The maximum Gasteiger partial charge on any atom is 0.334 e. The first-order valence-corrected chi connectivity index (χ1v) is 10.4. The Labute approximate surface area is 179 Å². The highest BCUT2D eigenvalue weighted by atomic mass is 19.1. The second kappa shape index (κ2) is 8.98. The normalized spacial score (nSPS) is 21.1. The van der Waals surface area contributed by atoms with E-state index in [2.05, 4.69) is 4.90 Å². The van der Waals surface area contributed by atoms with Gasteiger partial charge in [0.25, 0.3) is 0 Å². The van der Waals surface area contributed by atoms with Gasteiger partial charge in [-0.2, -0.15) is 5.26 Å². The quantitative estimate of drug-likeness (QED) is 0.675. The van der Waals surface area contributed by atoms with Crippen LogP contribution in [0.15, 0.2) is 35.4 Å². The van der Waals surface area contributed by atoms with Gasteiger partial charge in [-0.3, -0.25) is 9.69 Å². The predicted octanol–water partition coefficient (Wildman–Crippen LogP) is 2.34. The molecule has 4 rings (SSSR count). The number of hydrogen-bond acceptors (Lipinski definition) is 5. The largest absolute Gasteiger partial charge is 0.462 e. The molecule has 6 nitrogen and oxygen atoms in total. The van der Waals surface area contributed by atoms with Gasteiger partial charge in [0.15, 0.2) is 0 Å². The van der Waals surface area contributed by atoms with Crippen LogP contribution in [0.1, 0.15) is 24.0 Å². The van der Waals surface area contributed by atoms with E-state index in [1.165, 1.54) is 5.57 Å². The molecule has 1 aromatic rings. The number of halogens is 2. The summed E-state index contributed by atoms with van der Waals surface area (Å²) in [6.45, 7) is 3.84. The third-order valence-corrected chi connectivity index (χ3v) is 6.17. The van der Waals surface area contributed by atoms with Crippen molar-refractivity contribution in [1.82, 2.24) is 9.80 Å². The van der Waals surface area contributed by atoms with Gasteiger partial charge >= 0.3 is 5.97 Å². The van der Waals surface area contributed by atoms with E-state index in [0.717, 1.165) is 50.2 Å². The highest BCUT2D eigenvalue weighted by molar-refractivity contribution is 5.91. The van der Waals surface area contributed by atoms with E-state index in [-0.39, 0.29) is 35.3 Å². The van der Waals surface area contributed by atoms with E-state index in [9.17, 15) is 18.4 Å². The number of fused-ring (bicyclic) bond motifs is 1. The molecule has 3 aliphatic rings. The number of benzene rings is 1. The Morgan fingerprint density at radius 1 is 1.16 bits per heavy atom. The molecule has 2 saturated heterocycles. The first kappa shape index (κ1) is 21.2. The van der Waals surface area contributed by atoms with Crippen LogP contribution in [0.4, 0.5) is 8.78 Å². The van der Waals surface area contributed by atoms with Crippen LogP contribution in [-0.4, -0.2) is 61.0 Å². The minimum Gasteiger partial charge on any atom is -0.462 e. The number of carbonyl (C=O) groups is 2. The van der Waals surface area contributed by atoms with Crippen molar-refractivity contribution in [3.63, 3.8) is 0 Å². The summed E-state index contributed by atoms with van der Waals surface area (Å²) < 4.78 is 32.9. The highest BCUT2D eigenvalue weighted by Crippen LogP contribution is 2.32. The fourth-order valence-corrected chi connectivity index (χ4v) is 4.27. The first-order chi connectivity index (χ1) is 14.9. The van der Waals surface area contributed by atoms with Crippen LogP contribution >= 0.6 is 0 Å². The molecule has 1 unspecified atom stereocenters. The summed E-state index contributed by atoms with van der Waals surface area (Å²) in [5, 5.41) is 8.76. The maximum absolute atomic E-state index is 14.1. The topological polar surface area (TPSA) is 73.6 Å². The van der Waals surface area contributed by atoms with Gasteiger partial charge < -0.3 is 9.64 Å². The van der Waals surface area contributed by atoms with Crippen molar-refractivity contribution in [2.75, 3.05) is 39.3 Å². The summed E-state index contributed by atoms with van der Waals surface area (Å²) >= 11 is 0. The molecule has 162 valence electrons. The number of esters is 1. The van der Waals surface area contributed by atoms with Crippen LogP contribution in [-0.2, 0) is 20.7 Å². The number of nitriles is 1. The average molecular weight is 427 g/mol. The number of nitrogens with zero attached hydrogens (tertiary/aromatic N) is 3. The Kier molecular flexibility index (Phi) is 6.14. The maximum atomic E-state index is 14.1. The summed E-state index contributed by atoms with van der Waals surface area (Å²) in [5.41, 5.74) is 1.67. The lowest BCUT2D eigenvalue weighted by Crippen LogP contribution is -2.49. The van der Waals surface area contributed by atoms with Gasteiger partial charge in [0.1, 0.15) is 17.7 Å². The van der Waals surface area contributed by atoms with E-state index >= 15 is 0 Å². The molecule has 1 atom stereocenters. The van der Waals surface area contributed by atoms with Crippen LogP contribution in [0.5, 0.6) is 0 Å². The summed E-state index contributed by atoms with van der Waals surface area (Å²) in [5.74, 6) is -1.83. The van der Waals surface area contributed by atoms with E-state index < -0.39 is 11.6 Å². The lowest BCUT2D eigenvalue weighted by atomic mass is 9.88. The van der Waals surface area contributed by atoms with E-state index in [1.807, 2.05) is 12.2 Å². The second-order valence-electron chi connectivity index (χ2n) is 8.13. The molecular formula is C23H23F2N3O3. The average Bonchev–Trinajstić information content (AvgIpc) is 3.15. The molecule has 0 radical (unpaired) electrons. The Balaban J connectivity index is 1.25. The van der Waals surface area contributed by atoms with Crippen molar-refractivity contribution < 1.29 is 23.1 Å². The second-order valence-corrected chi connectivity index (χ2v) is 8.13. The molecule has 8 heteroatoms. The van der Waals surface area contributed by atoms with Crippen molar-refractivity contribution in [1.29, 1.82) is 5.26 Å². The minimum atomic E-state index is -0.816. The molecule has 2 heterocycles. The zero-order valence-corrected chi connectivity index (χ0v) is 17.1. The number of cyclic esters (lactones) is 1. The van der Waals surface area contributed by atoms with Crippen LogP contribution in [0.3, 0.4) is 0 Å². The van der Waals surface area contributed by atoms with Gasteiger partial charge in [-0.25, -0.2) is 13.6 Å². The molecule has 2 fully saturated rings. The smallest absolute Gasteiger partial charge is 0.334 e. The lowest BCUT2D eigenvalue weighted by molar-refractivity contribution is -0.135. The van der Waals surface area contributed by atoms with E-state index in [4.69, 9.17) is 10.00 Å². The van der Waals surface area contributed by atoms with Gasteiger partial charge in [-0.05, 0) is 25.0 Å². The number of piperazine rings is 1. The van der Waals surface area contributed by atoms with Crippen molar-refractivity contribution in [3.8, 4) is 6.07 Å². The molecule has 0 spiro atoms. The molecule has 1 aliphatic carbocycles. The predicted molar refractivity (Wildman–Crippen MR) is 108 cm³/mol.